The fourth-order valence-electron chi connectivity index (χ4n) is 8.69. The monoisotopic (exact) mass is 484 g/mol. The van der Waals surface area contributed by atoms with Gasteiger partial charge in [0.05, 0.1) is 11.3 Å². The van der Waals surface area contributed by atoms with Crippen LogP contribution in [0.5, 0.6) is 11.5 Å². The third kappa shape index (κ3) is 2.47. The lowest BCUT2D eigenvalue weighted by Crippen LogP contribution is -2.79. The summed E-state index contributed by atoms with van der Waals surface area (Å²) in [6, 6.07) is 13.9. The van der Waals surface area contributed by atoms with Crippen molar-refractivity contribution in [3.05, 3.63) is 71.3 Å². The molecule has 2 heterocycles. The number of aliphatic hydroxyl groups is 1. The van der Waals surface area contributed by atoms with Gasteiger partial charge in [-0.2, -0.15) is 0 Å². The summed E-state index contributed by atoms with van der Waals surface area (Å²) in [5.41, 5.74) is 1.21. The van der Waals surface area contributed by atoms with Crippen LogP contribution < -0.4 is 10.1 Å². The molecule has 186 valence electrons. The van der Waals surface area contributed by atoms with Gasteiger partial charge in [-0.15, -0.1) is 0 Å². The van der Waals surface area contributed by atoms with Gasteiger partial charge in [-0.3, -0.25) is 9.69 Å². The zero-order valence-corrected chi connectivity index (χ0v) is 20.3. The number of phenols is 1. The summed E-state index contributed by atoms with van der Waals surface area (Å²) >= 11 is 0. The van der Waals surface area contributed by atoms with Gasteiger partial charge in [0.2, 0.25) is 5.91 Å². The number of amides is 1. The van der Waals surface area contributed by atoms with Gasteiger partial charge in [0, 0.05) is 30.1 Å². The maximum absolute atomic E-state index is 13.7. The molecule has 3 fully saturated rings. The highest BCUT2D eigenvalue weighted by molar-refractivity contribution is 5.82. The molecule has 0 radical (unpaired) electrons. The van der Waals surface area contributed by atoms with Gasteiger partial charge < -0.3 is 20.3 Å². The number of hydrogen-bond acceptors (Lipinski definition) is 5. The van der Waals surface area contributed by atoms with Gasteiger partial charge in [0.25, 0.3) is 0 Å². The largest absolute Gasteiger partial charge is 0.504 e. The Balaban J connectivity index is 1.24. The van der Waals surface area contributed by atoms with Crippen molar-refractivity contribution in [1.82, 2.24) is 10.2 Å². The molecule has 1 amide bonds. The average Bonchev–Trinajstić information content (AvgIpc) is 3.63. The predicted molar refractivity (Wildman–Crippen MR) is 134 cm³/mol. The van der Waals surface area contributed by atoms with Crippen LogP contribution in [-0.4, -0.2) is 51.9 Å². The summed E-state index contributed by atoms with van der Waals surface area (Å²) in [5.74, 6) is 0.719. The molecule has 3 N–H and O–H groups in total. The normalized spacial score (nSPS) is 39.0. The van der Waals surface area contributed by atoms with Crippen LogP contribution in [0.3, 0.4) is 0 Å². The van der Waals surface area contributed by atoms with Crippen LogP contribution in [0.1, 0.15) is 42.4 Å². The van der Waals surface area contributed by atoms with E-state index in [0.717, 1.165) is 43.0 Å². The lowest BCUT2D eigenvalue weighted by atomic mass is 9.37. The predicted octanol–water partition coefficient (Wildman–Crippen LogP) is 3.06. The number of aromatic hydroxyl groups is 1. The first-order chi connectivity index (χ1) is 17.5. The summed E-state index contributed by atoms with van der Waals surface area (Å²) < 4.78 is 6.56. The van der Waals surface area contributed by atoms with E-state index in [1.54, 1.807) is 6.07 Å². The quantitative estimate of drug-likeness (QED) is 0.569. The summed E-state index contributed by atoms with van der Waals surface area (Å²) in [5, 5.41) is 26.2. The van der Waals surface area contributed by atoms with Crippen LogP contribution in [0, 0.1) is 17.3 Å². The first-order valence-electron chi connectivity index (χ1n) is 13.5. The van der Waals surface area contributed by atoms with Crippen LogP contribution >= 0.6 is 0 Å². The number of carbonyl (C=O) groups excluding carboxylic acids is 1. The fourth-order valence-corrected chi connectivity index (χ4v) is 8.69. The Labute approximate surface area is 211 Å². The smallest absolute Gasteiger partial charge is 0.226 e. The number of fused-ring (bicyclic) bond motifs is 1. The first-order valence-corrected chi connectivity index (χ1v) is 13.5. The van der Waals surface area contributed by atoms with Crippen LogP contribution in [0.25, 0.3) is 0 Å². The number of hydrogen-bond donors (Lipinski definition) is 3. The van der Waals surface area contributed by atoms with Crippen molar-refractivity contribution >= 4 is 5.91 Å². The van der Waals surface area contributed by atoms with Crippen molar-refractivity contribution < 1.29 is 19.7 Å². The van der Waals surface area contributed by atoms with E-state index in [-0.39, 0.29) is 23.1 Å². The third-order valence-electron chi connectivity index (χ3n) is 10.4. The molecule has 0 aromatic heterocycles. The van der Waals surface area contributed by atoms with E-state index < -0.39 is 23.0 Å². The van der Waals surface area contributed by atoms with E-state index in [1.165, 1.54) is 18.4 Å². The number of carbonyl (C=O) groups is 1. The summed E-state index contributed by atoms with van der Waals surface area (Å²) in [6.07, 6.45) is 8.52. The second kappa shape index (κ2) is 6.93. The second-order valence-corrected chi connectivity index (χ2v) is 12.0. The van der Waals surface area contributed by atoms with Gasteiger partial charge in [-0.1, -0.05) is 48.6 Å². The molecule has 1 saturated heterocycles. The van der Waals surface area contributed by atoms with E-state index in [1.807, 2.05) is 36.4 Å². The van der Waals surface area contributed by atoms with Gasteiger partial charge in [0.15, 0.2) is 11.5 Å². The number of piperidine rings is 1. The number of nitrogens with one attached hydrogen (secondary N) is 1. The molecule has 6 atom stereocenters. The zero-order valence-electron chi connectivity index (χ0n) is 20.3. The lowest BCUT2D eigenvalue weighted by molar-refractivity contribution is -0.206. The van der Waals surface area contributed by atoms with Crippen molar-refractivity contribution in [2.75, 3.05) is 13.1 Å². The molecule has 2 saturated carbocycles. The summed E-state index contributed by atoms with van der Waals surface area (Å²) in [4.78, 5) is 16.4. The SMILES string of the molecule is O=C(NCc1ccccc1)C1CC23C=CC1(O)C1Oc4c(O)ccc5c4C12CCN(CC1CC1)C3C5. The van der Waals surface area contributed by atoms with Crippen LogP contribution in [0.15, 0.2) is 54.6 Å². The van der Waals surface area contributed by atoms with E-state index in [2.05, 4.69) is 22.4 Å². The molecule has 7 aliphatic rings. The molecule has 6 nitrogen and oxygen atoms in total. The van der Waals surface area contributed by atoms with Crippen LogP contribution in [0.4, 0.5) is 0 Å². The van der Waals surface area contributed by atoms with Crippen molar-refractivity contribution in [2.24, 2.45) is 17.3 Å². The Hall–Kier alpha value is -2.83. The molecule has 36 heavy (non-hydrogen) atoms. The Morgan fingerprint density at radius 1 is 1.14 bits per heavy atom. The molecule has 2 aliphatic heterocycles. The topological polar surface area (TPSA) is 82.0 Å². The van der Waals surface area contributed by atoms with Crippen molar-refractivity contribution in [3.8, 4) is 11.5 Å². The van der Waals surface area contributed by atoms with Crippen molar-refractivity contribution in [1.29, 1.82) is 0 Å². The summed E-state index contributed by atoms with van der Waals surface area (Å²) in [6.45, 7) is 2.51. The Morgan fingerprint density at radius 2 is 1.97 bits per heavy atom. The van der Waals surface area contributed by atoms with Crippen LogP contribution in [-0.2, 0) is 23.2 Å². The molecule has 2 aromatic rings. The number of phenolic OH excluding ortho intramolecular Hbond substituents is 1. The molecule has 9 rings (SSSR count). The van der Waals surface area contributed by atoms with E-state index in [9.17, 15) is 15.0 Å². The number of benzene rings is 2. The fraction of sp³-hybridized carbons (Fsp3) is 0.500. The minimum Gasteiger partial charge on any atom is -0.504 e. The van der Waals surface area contributed by atoms with Gasteiger partial charge in [-0.05, 0) is 61.8 Å². The zero-order chi connectivity index (χ0) is 24.3. The minimum absolute atomic E-state index is 0.124. The van der Waals surface area contributed by atoms with Crippen LogP contribution in [0.2, 0.25) is 0 Å². The highest BCUT2D eigenvalue weighted by atomic mass is 16.5. The van der Waals surface area contributed by atoms with Crippen molar-refractivity contribution in [2.45, 2.75) is 61.8 Å². The maximum Gasteiger partial charge on any atom is 0.226 e. The van der Waals surface area contributed by atoms with Crippen molar-refractivity contribution in [3.63, 3.8) is 0 Å². The number of nitrogens with zero attached hydrogens (tertiary/aromatic N) is 1. The summed E-state index contributed by atoms with van der Waals surface area (Å²) in [7, 11) is 0. The molecule has 2 spiro atoms. The van der Waals surface area contributed by atoms with Gasteiger partial charge in [0.1, 0.15) is 11.7 Å². The first kappa shape index (κ1) is 21.3. The van der Waals surface area contributed by atoms with E-state index in [4.69, 9.17) is 4.74 Å². The van der Waals surface area contributed by atoms with Gasteiger partial charge >= 0.3 is 0 Å². The lowest BCUT2D eigenvalue weighted by Gasteiger charge is -2.70. The molecule has 5 aliphatic carbocycles. The highest BCUT2D eigenvalue weighted by Gasteiger charge is 2.79. The maximum atomic E-state index is 13.7. The average molecular weight is 485 g/mol. The number of rotatable bonds is 5. The van der Waals surface area contributed by atoms with E-state index in [0.29, 0.717) is 18.7 Å². The standard InChI is InChI=1S/C30H32N2O4/c33-22-9-8-20-14-23-28-10-11-30(35,21(15-28)26(34)31-16-18-4-2-1-3-5-18)27-29(28,24(20)25(22)36-27)12-13-32(23)17-19-6-7-19/h1-5,8-11,19,21,23,27,33,35H,6-7,12-17H2,(H,31,34). The highest BCUT2D eigenvalue weighted by Crippen LogP contribution is 2.74. The number of likely N-dealkylation sites (tertiary alicyclic amines) is 1. The third-order valence-corrected chi connectivity index (χ3v) is 10.4. The molecular formula is C30H32N2O4. The molecule has 4 bridgehead atoms. The Morgan fingerprint density at radius 3 is 2.78 bits per heavy atom. The minimum atomic E-state index is -1.42. The molecule has 6 unspecified atom stereocenters. The second-order valence-electron chi connectivity index (χ2n) is 12.0. The molecule has 6 heteroatoms. The van der Waals surface area contributed by atoms with Gasteiger partial charge in [-0.25, -0.2) is 0 Å². The number of ether oxygens (including phenoxy) is 1. The van der Waals surface area contributed by atoms with E-state index >= 15 is 0 Å². The molecular weight excluding hydrogens is 452 g/mol. The Kier molecular flexibility index (Phi) is 4.09. The Bertz CT molecular complexity index is 1310. The molecule has 2 aromatic carbocycles.